The molecule has 132 valence electrons. The fourth-order valence-corrected chi connectivity index (χ4v) is 2.53. The number of nitrogens with zero attached hydrogens (tertiary/aromatic N) is 2. The van der Waals surface area contributed by atoms with E-state index in [9.17, 15) is 4.79 Å². The topological polar surface area (TPSA) is 76.1 Å². The molecule has 0 aliphatic heterocycles. The summed E-state index contributed by atoms with van der Waals surface area (Å²) in [6, 6.07) is 18.8. The highest BCUT2D eigenvalue weighted by Crippen LogP contribution is 2.18. The number of amides is 1. The van der Waals surface area contributed by atoms with E-state index in [1.165, 1.54) is 0 Å². The number of carbonyl (C=O) groups excluding carboxylic acids is 1. The van der Waals surface area contributed by atoms with Crippen LogP contribution in [-0.4, -0.2) is 23.0 Å². The minimum atomic E-state index is -0.266. The van der Waals surface area contributed by atoms with Crippen molar-refractivity contribution in [3.05, 3.63) is 77.7 Å². The quantitative estimate of drug-likeness (QED) is 0.713. The van der Waals surface area contributed by atoms with Crippen molar-refractivity contribution in [1.29, 1.82) is 0 Å². The van der Waals surface area contributed by atoms with Crippen molar-refractivity contribution in [1.82, 2.24) is 15.3 Å². The molecular weight excluding hydrogens is 328 g/mol. The molecule has 1 aromatic heterocycles. The molecule has 6 nitrogen and oxygen atoms in total. The van der Waals surface area contributed by atoms with Gasteiger partial charge in [0.1, 0.15) is 23.1 Å². The maximum Gasteiger partial charge on any atom is 0.270 e. The van der Waals surface area contributed by atoms with Gasteiger partial charge in [0.2, 0.25) is 0 Å². The minimum Gasteiger partial charge on any atom is -0.496 e. The normalized spacial score (nSPS) is 10.2. The van der Waals surface area contributed by atoms with Crippen LogP contribution in [0.3, 0.4) is 0 Å². The molecular formula is C20H20N4O2. The molecule has 1 amide bonds. The Morgan fingerprint density at radius 1 is 1.04 bits per heavy atom. The Morgan fingerprint density at radius 3 is 2.54 bits per heavy atom. The van der Waals surface area contributed by atoms with Gasteiger partial charge in [-0.2, -0.15) is 0 Å². The molecule has 26 heavy (non-hydrogen) atoms. The highest BCUT2D eigenvalue weighted by atomic mass is 16.5. The lowest BCUT2D eigenvalue weighted by Gasteiger charge is -2.11. The number of para-hydroxylation sites is 2. The van der Waals surface area contributed by atoms with Gasteiger partial charge < -0.3 is 15.4 Å². The summed E-state index contributed by atoms with van der Waals surface area (Å²) in [6.07, 6.45) is 0. The van der Waals surface area contributed by atoms with Crippen molar-refractivity contribution in [2.45, 2.75) is 13.5 Å². The summed E-state index contributed by atoms with van der Waals surface area (Å²) in [6.45, 7) is 2.11. The van der Waals surface area contributed by atoms with Gasteiger partial charge in [0.15, 0.2) is 0 Å². The fraction of sp³-hybridized carbons (Fsp3) is 0.150. The van der Waals surface area contributed by atoms with E-state index >= 15 is 0 Å². The van der Waals surface area contributed by atoms with Crippen LogP contribution in [0.25, 0.3) is 0 Å². The fourth-order valence-electron chi connectivity index (χ4n) is 2.53. The average molecular weight is 348 g/mol. The molecule has 3 aromatic rings. The lowest BCUT2D eigenvalue weighted by Crippen LogP contribution is -2.24. The molecule has 0 saturated carbocycles. The highest BCUT2D eigenvalue weighted by Gasteiger charge is 2.11. The number of nitrogens with one attached hydrogen (secondary N) is 2. The molecule has 0 atom stereocenters. The van der Waals surface area contributed by atoms with E-state index in [2.05, 4.69) is 20.6 Å². The zero-order chi connectivity index (χ0) is 18.4. The van der Waals surface area contributed by atoms with Gasteiger partial charge in [-0.05, 0) is 25.1 Å². The number of hydrogen-bond acceptors (Lipinski definition) is 5. The van der Waals surface area contributed by atoms with Crippen molar-refractivity contribution in [3.8, 4) is 5.75 Å². The Labute approximate surface area is 152 Å². The molecule has 0 bridgehead atoms. The number of ether oxygens (including phenoxy) is 1. The van der Waals surface area contributed by atoms with E-state index < -0.39 is 0 Å². The lowest BCUT2D eigenvalue weighted by molar-refractivity contribution is 0.0945. The summed E-state index contributed by atoms with van der Waals surface area (Å²) in [5, 5.41) is 6.05. The van der Waals surface area contributed by atoms with Crippen molar-refractivity contribution >= 4 is 17.4 Å². The molecule has 0 saturated heterocycles. The Balaban J connectivity index is 1.73. The van der Waals surface area contributed by atoms with E-state index in [0.29, 0.717) is 23.9 Å². The molecule has 0 spiro atoms. The first-order valence-corrected chi connectivity index (χ1v) is 8.23. The second-order valence-corrected chi connectivity index (χ2v) is 5.67. The van der Waals surface area contributed by atoms with Crippen LogP contribution in [0.2, 0.25) is 0 Å². The third-order valence-corrected chi connectivity index (χ3v) is 3.75. The van der Waals surface area contributed by atoms with Gasteiger partial charge in [0.05, 0.1) is 7.11 Å². The largest absolute Gasteiger partial charge is 0.496 e. The summed E-state index contributed by atoms with van der Waals surface area (Å²) in [4.78, 5) is 21.1. The van der Waals surface area contributed by atoms with Gasteiger partial charge in [-0.25, -0.2) is 9.97 Å². The molecule has 0 aliphatic carbocycles. The molecule has 0 aliphatic rings. The van der Waals surface area contributed by atoms with Crippen LogP contribution >= 0.6 is 0 Å². The molecule has 0 fully saturated rings. The minimum absolute atomic E-state index is 0.266. The highest BCUT2D eigenvalue weighted by molar-refractivity contribution is 5.93. The van der Waals surface area contributed by atoms with E-state index in [0.717, 1.165) is 17.0 Å². The molecule has 6 heteroatoms. The maximum absolute atomic E-state index is 12.5. The predicted octanol–water partition coefficient (Wildman–Crippen LogP) is 3.47. The first kappa shape index (κ1) is 17.4. The zero-order valence-corrected chi connectivity index (χ0v) is 14.7. The molecule has 0 radical (unpaired) electrons. The van der Waals surface area contributed by atoms with Crippen LogP contribution in [0.4, 0.5) is 11.5 Å². The molecule has 0 unspecified atom stereocenters. The van der Waals surface area contributed by atoms with Gasteiger partial charge in [0, 0.05) is 23.9 Å². The van der Waals surface area contributed by atoms with Crippen LogP contribution in [0, 0.1) is 6.92 Å². The van der Waals surface area contributed by atoms with Crippen molar-refractivity contribution < 1.29 is 9.53 Å². The Morgan fingerprint density at radius 2 is 1.77 bits per heavy atom. The second kappa shape index (κ2) is 8.11. The Hall–Kier alpha value is -3.41. The standard InChI is InChI=1S/C20H20N4O2/c1-14-22-17(12-19(23-14)24-16-9-4-3-5-10-16)20(25)21-13-15-8-6-7-11-18(15)26-2/h3-12H,13H2,1-2H3,(H,21,25)(H,22,23,24). The Kier molecular flexibility index (Phi) is 5.43. The molecule has 3 rings (SSSR count). The van der Waals surface area contributed by atoms with E-state index in [-0.39, 0.29) is 5.91 Å². The van der Waals surface area contributed by atoms with Crippen LogP contribution in [0.1, 0.15) is 21.9 Å². The van der Waals surface area contributed by atoms with Crippen LogP contribution < -0.4 is 15.4 Å². The maximum atomic E-state index is 12.5. The predicted molar refractivity (Wildman–Crippen MR) is 101 cm³/mol. The van der Waals surface area contributed by atoms with Gasteiger partial charge in [-0.1, -0.05) is 36.4 Å². The number of aromatic nitrogens is 2. The van der Waals surface area contributed by atoms with Crippen LogP contribution in [-0.2, 0) is 6.54 Å². The van der Waals surface area contributed by atoms with Crippen molar-refractivity contribution in [3.63, 3.8) is 0 Å². The zero-order valence-electron chi connectivity index (χ0n) is 14.7. The van der Waals surface area contributed by atoms with E-state index in [1.807, 2.05) is 54.6 Å². The van der Waals surface area contributed by atoms with E-state index in [4.69, 9.17) is 4.74 Å². The number of benzene rings is 2. The lowest BCUT2D eigenvalue weighted by atomic mass is 10.2. The summed E-state index contributed by atoms with van der Waals surface area (Å²) >= 11 is 0. The third kappa shape index (κ3) is 4.36. The molecule has 1 heterocycles. The number of carbonyl (C=O) groups is 1. The summed E-state index contributed by atoms with van der Waals surface area (Å²) in [5.74, 6) is 1.56. The van der Waals surface area contributed by atoms with Gasteiger partial charge in [-0.15, -0.1) is 0 Å². The Bertz CT molecular complexity index is 897. The first-order valence-electron chi connectivity index (χ1n) is 8.23. The van der Waals surface area contributed by atoms with Gasteiger partial charge in [-0.3, -0.25) is 4.79 Å². The average Bonchev–Trinajstić information content (AvgIpc) is 2.66. The number of hydrogen-bond donors (Lipinski definition) is 2. The molecule has 2 aromatic carbocycles. The van der Waals surface area contributed by atoms with Gasteiger partial charge >= 0.3 is 0 Å². The van der Waals surface area contributed by atoms with E-state index in [1.54, 1.807) is 20.1 Å². The number of rotatable bonds is 6. The van der Waals surface area contributed by atoms with Crippen molar-refractivity contribution in [2.75, 3.05) is 12.4 Å². The number of aryl methyl sites for hydroxylation is 1. The SMILES string of the molecule is COc1ccccc1CNC(=O)c1cc(Nc2ccccc2)nc(C)n1. The molecule has 2 N–H and O–H groups in total. The summed E-state index contributed by atoms with van der Waals surface area (Å²) in [5.41, 5.74) is 2.11. The van der Waals surface area contributed by atoms with Crippen molar-refractivity contribution in [2.24, 2.45) is 0 Å². The van der Waals surface area contributed by atoms with Crippen LogP contribution in [0.15, 0.2) is 60.7 Å². The van der Waals surface area contributed by atoms with Crippen LogP contribution in [0.5, 0.6) is 5.75 Å². The van der Waals surface area contributed by atoms with Gasteiger partial charge in [0.25, 0.3) is 5.91 Å². The summed E-state index contributed by atoms with van der Waals surface area (Å²) in [7, 11) is 1.61. The number of anilines is 2. The third-order valence-electron chi connectivity index (χ3n) is 3.75. The second-order valence-electron chi connectivity index (χ2n) is 5.67. The first-order chi connectivity index (χ1) is 12.7. The smallest absolute Gasteiger partial charge is 0.270 e. The summed E-state index contributed by atoms with van der Waals surface area (Å²) < 4.78 is 5.30. The number of methoxy groups -OCH3 is 1. The monoisotopic (exact) mass is 348 g/mol.